The van der Waals surface area contributed by atoms with Crippen LogP contribution in [0.3, 0.4) is 0 Å². The van der Waals surface area contributed by atoms with Gasteiger partial charge in [-0.25, -0.2) is 18.6 Å². The number of imidazole rings is 1. The molecule has 1 fully saturated rings. The van der Waals surface area contributed by atoms with Crippen LogP contribution in [0.2, 0.25) is 0 Å². The lowest BCUT2D eigenvalue weighted by atomic mass is 10.1. The fourth-order valence-electron chi connectivity index (χ4n) is 3.44. The van der Waals surface area contributed by atoms with E-state index in [1.54, 1.807) is 0 Å². The quantitative estimate of drug-likeness (QED) is 0.745. The van der Waals surface area contributed by atoms with Gasteiger partial charge in [-0.15, -0.1) is 0 Å². The standard InChI is InChI=1S/C20H19F2N3O3/c1-12-2-3-25-16(11-24-4-6-28-7-5-24)19(23-17(25)8-12)18-14(21)9-13(20(26)27)10-15(18)22/h2-3,8-10H,4-7,11H2,1H3,(H,26,27). The second kappa shape index (κ2) is 7.29. The molecule has 1 aliphatic heterocycles. The van der Waals surface area contributed by atoms with Gasteiger partial charge in [0.25, 0.3) is 0 Å². The predicted octanol–water partition coefficient (Wildman–Crippen LogP) is 3.12. The number of fused-ring (bicyclic) bond motifs is 1. The minimum atomic E-state index is -1.39. The Labute approximate surface area is 160 Å². The number of morpholine rings is 1. The van der Waals surface area contributed by atoms with E-state index in [-0.39, 0.29) is 11.3 Å². The van der Waals surface area contributed by atoms with Crippen LogP contribution < -0.4 is 0 Å². The van der Waals surface area contributed by atoms with Crippen molar-refractivity contribution in [3.8, 4) is 11.3 Å². The molecule has 28 heavy (non-hydrogen) atoms. The van der Waals surface area contributed by atoms with Gasteiger partial charge in [0.15, 0.2) is 0 Å². The normalized spacial score (nSPS) is 15.2. The molecule has 0 radical (unpaired) electrons. The molecule has 6 nitrogen and oxygen atoms in total. The summed E-state index contributed by atoms with van der Waals surface area (Å²) in [6.07, 6.45) is 1.83. The van der Waals surface area contributed by atoms with Crippen LogP contribution in [-0.2, 0) is 11.3 Å². The molecule has 8 heteroatoms. The number of benzene rings is 1. The maximum atomic E-state index is 14.7. The highest BCUT2D eigenvalue weighted by molar-refractivity contribution is 5.88. The molecule has 1 saturated heterocycles. The van der Waals surface area contributed by atoms with Crippen LogP contribution in [0, 0.1) is 18.6 Å². The fourth-order valence-corrected chi connectivity index (χ4v) is 3.44. The molecule has 0 bridgehead atoms. The molecule has 1 aliphatic rings. The summed E-state index contributed by atoms with van der Waals surface area (Å²) in [5.74, 6) is -3.27. The highest BCUT2D eigenvalue weighted by atomic mass is 19.1. The van der Waals surface area contributed by atoms with Crippen molar-refractivity contribution >= 4 is 11.6 Å². The molecule has 3 heterocycles. The number of carboxylic acid groups (broad SMARTS) is 1. The van der Waals surface area contributed by atoms with Gasteiger partial charge in [-0.1, -0.05) is 0 Å². The average molecular weight is 387 g/mol. The Bertz CT molecular complexity index is 1040. The van der Waals surface area contributed by atoms with Crippen molar-refractivity contribution in [2.75, 3.05) is 26.3 Å². The molecule has 1 aromatic carbocycles. The average Bonchev–Trinajstić information content (AvgIpc) is 2.99. The minimum absolute atomic E-state index is 0.184. The Balaban J connectivity index is 1.88. The van der Waals surface area contributed by atoms with Gasteiger partial charge in [0, 0.05) is 25.8 Å². The third-order valence-corrected chi connectivity index (χ3v) is 4.88. The van der Waals surface area contributed by atoms with Gasteiger partial charge in [-0.3, -0.25) is 4.90 Å². The van der Waals surface area contributed by atoms with E-state index < -0.39 is 23.2 Å². The van der Waals surface area contributed by atoms with Crippen LogP contribution in [0.1, 0.15) is 21.6 Å². The molecule has 0 unspecified atom stereocenters. The van der Waals surface area contributed by atoms with Crippen LogP contribution in [0.5, 0.6) is 0 Å². The number of hydrogen-bond donors (Lipinski definition) is 1. The van der Waals surface area contributed by atoms with Gasteiger partial charge in [-0.2, -0.15) is 0 Å². The zero-order valence-electron chi connectivity index (χ0n) is 15.3. The zero-order valence-corrected chi connectivity index (χ0v) is 15.3. The second-order valence-electron chi connectivity index (χ2n) is 6.85. The number of aromatic nitrogens is 2. The van der Waals surface area contributed by atoms with E-state index in [1.165, 1.54) is 0 Å². The van der Waals surface area contributed by atoms with Gasteiger partial charge in [0.05, 0.1) is 35.7 Å². The van der Waals surface area contributed by atoms with E-state index in [0.717, 1.165) is 17.7 Å². The first-order valence-corrected chi connectivity index (χ1v) is 8.94. The Morgan fingerprint density at radius 3 is 2.54 bits per heavy atom. The molecule has 2 aromatic heterocycles. The summed E-state index contributed by atoms with van der Waals surface area (Å²) < 4.78 is 36.7. The van der Waals surface area contributed by atoms with E-state index in [1.807, 2.05) is 29.7 Å². The maximum Gasteiger partial charge on any atom is 0.335 e. The van der Waals surface area contributed by atoms with E-state index >= 15 is 0 Å². The van der Waals surface area contributed by atoms with Crippen LogP contribution in [-0.4, -0.2) is 51.7 Å². The molecule has 146 valence electrons. The molecule has 1 N–H and O–H groups in total. The lowest BCUT2D eigenvalue weighted by Gasteiger charge is -2.26. The molecule has 4 rings (SSSR count). The topological polar surface area (TPSA) is 67.1 Å². The van der Waals surface area contributed by atoms with Crippen molar-refractivity contribution in [2.24, 2.45) is 0 Å². The van der Waals surface area contributed by atoms with E-state index in [9.17, 15) is 13.6 Å². The summed E-state index contributed by atoms with van der Waals surface area (Å²) >= 11 is 0. The van der Waals surface area contributed by atoms with Crippen molar-refractivity contribution in [3.63, 3.8) is 0 Å². The summed E-state index contributed by atoms with van der Waals surface area (Å²) in [4.78, 5) is 17.7. The Morgan fingerprint density at radius 1 is 1.21 bits per heavy atom. The van der Waals surface area contributed by atoms with Crippen molar-refractivity contribution < 1.29 is 23.4 Å². The summed E-state index contributed by atoms with van der Waals surface area (Å²) in [6.45, 7) is 4.98. The number of rotatable bonds is 4. The number of nitrogens with zero attached hydrogens (tertiary/aromatic N) is 3. The molecule has 0 spiro atoms. The van der Waals surface area contributed by atoms with E-state index in [0.29, 0.717) is 44.2 Å². The first-order chi connectivity index (χ1) is 13.4. The molecular formula is C20H19F2N3O3. The number of aryl methyl sites for hydroxylation is 1. The Hall–Kier alpha value is -2.84. The molecular weight excluding hydrogens is 368 g/mol. The molecule has 0 amide bonds. The highest BCUT2D eigenvalue weighted by Gasteiger charge is 2.24. The van der Waals surface area contributed by atoms with Crippen molar-refractivity contribution in [1.82, 2.24) is 14.3 Å². The SMILES string of the molecule is Cc1ccn2c(CN3CCOCC3)c(-c3c(F)cc(C(=O)O)cc3F)nc2c1. The number of pyridine rings is 1. The summed E-state index contributed by atoms with van der Waals surface area (Å²) in [6, 6.07) is 5.40. The summed E-state index contributed by atoms with van der Waals surface area (Å²) in [7, 11) is 0. The third kappa shape index (κ3) is 3.36. The van der Waals surface area contributed by atoms with Gasteiger partial charge < -0.3 is 14.2 Å². The number of aromatic carboxylic acids is 1. The van der Waals surface area contributed by atoms with Crippen LogP contribution in [0.15, 0.2) is 30.5 Å². The monoisotopic (exact) mass is 387 g/mol. The molecule has 0 atom stereocenters. The Kier molecular flexibility index (Phi) is 4.82. The fraction of sp³-hybridized carbons (Fsp3) is 0.300. The lowest BCUT2D eigenvalue weighted by Crippen LogP contribution is -2.36. The van der Waals surface area contributed by atoms with Crippen LogP contribution in [0.25, 0.3) is 16.9 Å². The molecule has 0 saturated carbocycles. The number of carbonyl (C=O) groups is 1. The zero-order chi connectivity index (χ0) is 19.8. The van der Waals surface area contributed by atoms with Crippen molar-refractivity contribution in [2.45, 2.75) is 13.5 Å². The summed E-state index contributed by atoms with van der Waals surface area (Å²) in [5, 5.41) is 9.04. The largest absolute Gasteiger partial charge is 0.478 e. The van der Waals surface area contributed by atoms with E-state index in [4.69, 9.17) is 9.84 Å². The highest BCUT2D eigenvalue weighted by Crippen LogP contribution is 2.31. The van der Waals surface area contributed by atoms with Gasteiger partial charge >= 0.3 is 5.97 Å². The number of halogens is 2. The second-order valence-corrected chi connectivity index (χ2v) is 6.85. The van der Waals surface area contributed by atoms with Gasteiger partial charge in [-0.05, 0) is 36.8 Å². The maximum absolute atomic E-state index is 14.7. The number of hydrogen-bond acceptors (Lipinski definition) is 4. The van der Waals surface area contributed by atoms with Crippen LogP contribution >= 0.6 is 0 Å². The predicted molar refractivity (Wildman–Crippen MR) is 98.3 cm³/mol. The van der Waals surface area contributed by atoms with Crippen molar-refractivity contribution in [3.05, 3.63) is 58.9 Å². The lowest BCUT2D eigenvalue weighted by molar-refractivity contribution is 0.0336. The van der Waals surface area contributed by atoms with Gasteiger partial charge in [0.1, 0.15) is 17.3 Å². The van der Waals surface area contributed by atoms with Crippen molar-refractivity contribution in [1.29, 1.82) is 0 Å². The molecule has 3 aromatic rings. The van der Waals surface area contributed by atoms with Gasteiger partial charge in [0.2, 0.25) is 0 Å². The smallest absolute Gasteiger partial charge is 0.335 e. The summed E-state index contributed by atoms with van der Waals surface area (Å²) in [5.41, 5.74) is 1.65. The molecule has 0 aliphatic carbocycles. The number of ether oxygens (including phenoxy) is 1. The minimum Gasteiger partial charge on any atom is -0.478 e. The van der Waals surface area contributed by atoms with E-state index in [2.05, 4.69) is 9.88 Å². The first-order valence-electron chi connectivity index (χ1n) is 8.94. The van der Waals surface area contributed by atoms with Crippen LogP contribution in [0.4, 0.5) is 8.78 Å². The third-order valence-electron chi connectivity index (χ3n) is 4.88. The first kappa shape index (κ1) is 18.5. The Morgan fingerprint density at radius 2 is 1.89 bits per heavy atom. The number of carboxylic acids is 1.